The van der Waals surface area contributed by atoms with E-state index in [-0.39, 0.29) is 22.3 Å². The number of alkyl halides is 2. The molecule has 0 unspecified atom stereocenters. The van der Waals surface area contributed by atoms with E-state index in [0.29, 0.717) is 39.9 Å². The van der Waals surface area contributed by atoms with E-state index in [0.717, 1.165) is 5.56 Å². The lowest BCUT2D eigenvalue weighted by molar-refractivity contribution is -0.117. The zero-order chi connectivity index (χ0) is 25.1. The van der Waals surface area contributed by atoms with Gasteiger partial charge in [0.25, 0.3) is 5.91 Å². The average molecular weight is 573 g/mol. The maximum atomic E-state index is 13.6. The molecule has 1 heterocycles. The van der Waals surface area contributed by atoms with Gasteiger partial charge in [0.15, 0.2) is 0 Å². The molecule has 180 valence electrons. The molecule has 1 aliphatic carbocycles. The maximum absolute atomic E-state index is 13.6. The topological polar surface area (TPSA) is 49.4 Å². The van der Waals surface area contributed by atoms with Gasteiger partial charge >= 0.3 is 0 Å². The number of halogens is 6. The van der Waals surface area contributed by atoms with Gasteiger partial charge in [-0.25, -0.2) is 4.39 Å². The minimum absolute atomic E-state index is 0.207. The minimum atomic E-state index is -1.34. The molecule has 1 fully saturated rings. The number of nitrogens with zero attached hydrogens (tertiary/aromatic N) is 1. The molecule has 2 atom stereocenters. The predicted molar refractivity (Wildman–Crippen MR) is 139 cm³/mol. The standard InChI is InChI=1S/C25H16Cl5FN2O2/c26-14-7-13(8-15(27)10-14)21-22(25(21,29)30)23(34)32-17-2-3-19(28)18(11-17)24(35)33-6-5-12-9-16(31)1-4-20(12)33/h1-4,7-11,21-22H,5-6H2,(H,32,34)/t21-,22+/m1/s1. The van der Waals surface area contributed by atoms with Crippen LogP contribution in [0.1, 0.15) is 27.4 Å². The van der Waals surface area contributed by atoms with Gasteiger partial charge in [-0.15, -0.1) is 23.2 Å². The second kappa shape index (κ2) is 9.13. The number of anilines is 2. The third-order valence-electron chi connectivity index (χ3n) is 6.23. The number of hydrogen-bond acceptors (Lipinski definition) is 2. The molecule has 1 aliphatic heterocycles. The van der Waals surface area contributed by atoms with E-state index in [1.54, 1.807) is 35.2 Å². The Morgan fingerprint density at radius 3 is 2.40 bits per heavy atom. The largest absolute Gasteiger partial charge is 0.326 e. The first-order valence-electron chi connectivity index (χ1n) is 10.6. The third kappa shape index (κ3) is 4.61. The first-order valence-corrected chi connectivity index (χ1v) is 12.5. The van der Waals surface area contributed by atoms with E-state index in [1.807, 2.05) is 0 Å². The van der Waals surface area contributed by atoms with Crippen LogP contribution in [0.3, 0.4) is 0 Å². The Morgan fingerprint density at radius 1 is 0.971 bits per heavy atom. The van der Waals surface area contributed by atoms with Crippen molar-refractivity contribution in [2.75, 3.05) is 16.8 Å². The molecule has 0 bridgehead atoms. The number of amides is 2. The van der Waals surface area contributed by atoms with Gasteiger partial charge in [0.1, 0.15) is 10.2 Å². The van der Waals surface area contributed by atoms with Crippen LogP contribution in [-0.4, -0.2) is 22.7 Å². The van der Waals surface area contributed by atoms with Crippen molar-refractivity contribution >= 4 is 81.2 Å². The van der Waals surface area contributed by atoms with E-state index in [1.165, 1.54) is 24.3 Å². The molecule has 3 aromatic rings. The summed E-state index contributed by atoms with van der Waals surface area (Å²) in [6.45, 7) is 0.400. The van der Waals surface area contributed by atoms with Crippen molar-refractivity contribution in [3.63, 3.8) is 0 Å². The van der Waals surface area contributed by atoms with Crippen LogP contribution in [0.5, 0.6) is 0 Å². The fraction of sp³-hybridized carbons (Fsp3) is 0.200. The van der Waals surface area contributed by atoms with Crippen LogP contribution >= 0.6 is 58.0 Å². The van der Waals surface area contributed by atoms with Crippen LogP contribution in [0.2, 0.25) is 15.1 Å². The summed E-state index contributed by atoms with van der Waals surface area (Å²) in [5, 5.41) is 3.83. The second-order valence-corrected chi connectivity index (χ2v) is 11.2. The van der Waals surface area contributed by atoms with Crippen molar-refractivity contribution < 1.29 is 14.0 Å². The first kappa shape index (κ1) is 24.7. The molecule has 4 nitrogen and oxygen atoms in total. The number of carbonyl (C=O) groups is 2. The maximum Gasteiger partial charge on any atom is 0.259 e. The van der Waals surface area contributed by atoms with E-state index in [9.17, 15) is 14.0 Å². The van der Waals surface area contributed by atoms with Gasteiger partial charge < -0.3 is 10.2 Å². The summed E-state index contributed by atoms with van der Waals surface area (Å²) in [5.41, 5.74) is 2.61. The number of benzene rings is 3. The van der Waals surface area contributed by atoms with Crippen molar-refractivity contribution in [1.29, 1.82) is 0 Å². The highest BCUT2D eigenvalue weighted by molar-refractivity contribution is 6.53. The van der Waals surface area contributed by atoms with Crippen LogP contribution < -0.4 is 10.2 Å². The summed E-state index contributed by atoms with van der Waals surface area (Å²) >= 11 is 31.4. The Balaban J connectivity index is 1.36. The van der Waals surface area contributed by atoms with Gasteiger partial charge in [0.2, 0.25) is 5.91 Å². The smallest absolute Gasteiger partial charge is 0.259 e. The fourth-order valence-electron chi connectivity index (χ4n) is 4.54. The SMILES string of the molecule is O=C(Nc1ccc(Cl)c(C(=O)N2CCc3cc(F)ccc32)c1)[C@@H]1[C@@H](c2cc(Cl)cc(Cl)c2)C1(Cl)Cl. The molecule has 5 rings (SSSR count). The highest BCUT2D eigenvalue weighted by Gasteiger charge is 2.67. The molecular formula is C25H16Cl5FN2O2. The van der Waals surface area contributed by atoms with Crippen molar-refractivity contribution in [2.24, 2.45) is 5.92 Å². The summed E-state index contributed by atoms with van der Waals surface area (Å²) < 4.78 is 12.2. The molecule has 0 aromatic heterocycles. The lowest BCUT2D eigenvalue weighted by atomic mass is 10.1. The van der Waals surface area contributed by atoms with Gasteiger partial charge in [0.05, 0.1) is 16.5 Å². The van der Waals surface area contributed by atoms with Gasteiger partial charge in [-0.2, -0.15) is 0 Å². The lowest BCUT2D eigenvalue weighted by Gasteiger charge is -2.19. The monoisotopic (exact) mass is 570 g/mol. The van der Waals surface area contributed by atoms with Crippen molar-refractivity contribution in [1.82, 2.24) is 0 Å². The molecule has 35 heavy (non-hydrogen) atoms. The highest BCUT2D eigenvalue weighted by atomic mass is 35.5. The number of hydrogen-bond donors (Lipinski definition) is 1. The number of nitrogens with one attached hydrogen (secondary N) is 1. The summed E-state index contributed by atoms with van der Waals surface area (Å²) in [6, 6.07) is 13.8. The van der Waals surface area contributed by atoms with E-state index in [2.05, 4.69) is 5.32 Å². The first-order chi connectivity index (χ1) is 16.6. The van der Waals surface area contributed by atoms with Crippen LogP contribution in [0.25, 0.3) is 0 Å². The number of fused-ring (bicyclic) bond motifs is 1. The Bertz CT molecular complexity index is 1360. The molecule has 0 saturated heterocycles. The molecule has 10 heteroatoms. The molecule has 1 saturated carbocycles. The molecule has 2 aliphatic rings. The fourth-order valence-corrected chi connectivity index (χ4v) is 6.11. The molecule has 0 spiro atoms. The van der Waals surface area contributed by atoms with E-state index >= 15 is 0 Å². The van der Waals surface area contributed by atoms with Crippen molar-refractivity contribution in [3.8, 4) is 0 Å². The van der Waals surface area contributed by atoms with Gasteiger partial charge in [0, 0.05) is 33.9 Å². The highest BCUT2D eigenvalue weighted by Crippen LogP contribution is 2.65. The molecule has 2 amide bonds. The van der Waals surface area contributed by atoms with Gasteiger partial charge in [-0.1, -0.05) is 34.8 Å². The van der Waals surface area contributed by atoms with Crippen molar-refractivity contribution in [2.45, 2.75) is 16.7 Å². The normalized spacial score (nSPS) is 19.9. The molecule has 1 N–H and O–H groups in total. The van der Waals surface area contributed by atoms with Crippen LogP contribution in [0.4, 0.5) is 15.8 Å². The van der Waals surface area contributed by atoms with Gasteiger partial charge in [-0.3, -0.25) is 9.59 Å². The van der Waals surface area contributed by atoms with E-state index < -0.39 is 22.1 Å². The molecule has 3 aromatic carbocycles. The van der Waals surface area contributed by atoms with Crippen LogP contribution in [0, 0.1) is 11.7 Å². The summed E-state index contributed by atoms with van der Waals surface area (Å²) in [4.78, 5) is 27.9. The van der Waals surface area contributed by atoms with Crippen LogP contribution in [-0.2, 0) is 11.2 Å². The zero-order valence-electron chi connectivity index (χ0n) is 17.8. The average Bonchev–Trinajstić information content (AvgIpc) is 3.14. The number of rotatable bonds is 4. The van der Waals surface area contributed by atoms with Crippen molar-refractivity contribution in [3.05, 3.63) is 92.2 Å². The molecule has 0 radical (unpaired) electrons. The van der Waals surface area contributed by atoms with E-state index in [4.69, 9.17) is 58.0 Å². The van der Waals surface area contributed by atoms with Crippen LogP contribution in [0.15, 0.2) is 54.6 Å². The van der Waals surface area contributed by atoms with Gasteiger partial charge in [-0.05, 0) is 72.1 Å². The number of carbonyl (C=O) groups excluding carboxylic acids is 2. The molecular weight excluding hydrogens is 557 g/mol. The Kier molecular flexibility index (Phi) is 6.43. The summed E-state index contributed by atoms with van der Waals surface area (Å²) in [7, 11) is 0. The predicted octanol–water partition coefficient (Wildman–Crippen LogP) is 7.51. The quantitative estimate of drug-likeness (QED) is 0.329. The summed E-state index contributed by atoms with van der Waals surface area (Å²) in [5.74, 6) is -2.38. The zero-order valence-corrected chi connectivity index (χ0v) is 21.6. The lowest BCUT2D eigenvalue weighted by Crippen LogP contribution is -2.29. The third-order valence-corrected chi connectivity index (χ3v) is 7.93. The second-order valence-electron chi connectivity index (χ2n) is 8.50. The Morgan fingerprint density at radius 2 is 1.69 bits per heavy atom. The Labute approximate surface area is 225 Å². The Hall–Kier alpha value is -2.02. The minimum Gasteiger partial charge on any atom is -0.326 e. The summed E-state index contributed by atoms with van der Waals surface area (Å²) in [6.07, 6.45) is 0.539.